The van der Waals surface area contributed by atoms with E-state index in [4.69, 9.17) is 16.3 Å². The molecule has 1 aromatic carbocycles. The minimum Gasteiger partial charge on any atom is -0.479 e. The average molecular weight is 351 g/mol. The third-order valence-electron chi connectivity index (χ3n) is 2.01. The number of aromatic nitrogens is 2. The van der Waals surface area contributed by atoms with Crippen LogP contribution in [0.15, 0.2) is 22.7 Å². The number of nitrogens with zero attached hydrogens (tertiary/aromatic N) is 3. The monoisotopic (exact) mass is 349 g/mol. The molecule has 0 amide bonds. The van der Waals surface area contributed by atoms with E-state index >= 15 is 0 Å². The summed E-state index contributed by atoms with van der Waals surface area (Å²) in [6, 6.07) is 4.58. The van der Waals surface area contributed by atoms with E-state index in [1.807, 2.05) is 0 Å². The van der Waals surface area contributed by atoms with Gasteiger partial charge in [0.25, 0.3) is 0 Å². The first-order valence-electron chi connectivity index (χ1n) is 4.62. The van der Waals surface area contributed by atoms with Crippen LogP contribution in [0.25, 0.3) is 0 Å². The van der Waals surface area contributed by atoms with Gasteiger partial charge in [-0.3, -0.25) is 10.1 Å². The van der Waals surface area contributed by atoms with Crippen molar-refractivity contribution < 1.29 is 9.66 Å². The van der Waals surface area contributed by atoms with Gasteiger partial charge in [0.1, 0.15) is 16.6 Å². The molecule has 0 saturated carbocycles. The Bertz CT molecular complexity index is 592. The molecule has 0 aliphatic rings. The minimum atomic E-state index is -0.513. The molecule has 0 atom stereocenters. The average Bonchev–Trinajstić information content (AvgIpc) is 2.73. The summed E-state index contributed by atoms with van der Waals surface area (Å²) in [5.74, 6) is 0.145. The van der Waals surface area contributed by atoms with Gasteiger partial charge >= 0.3 is 5.69 Å². The predicted octanol–water partition coefficient (Wildman–Crippen LogP) is 3.44. The van der Waals surface area contributed by atoms with E-state index in [-0.39, 0.29) is 18.0 Å². The molecule has 0 bridgehead atoms. The summed E-state index contributed by atoms with van der Waals surface area (Å²) >= 11 is 10.1. The van der Waals surface area contributed by atoms with Gasteiger partial charge in [-0.15, -0.1) is 5.10 Å². The zero-order valence-electron chi connectivity index (χ0n) is 8.67. The number of halogens is 2. The highest BCUT2D eigenvalue weighted by Crippen LogP contribution is 2.35. The van der Waals surface area contributed by atoms with Crippen LogP contribution < -0.4 is 4.74 Å². The van der Waals surface area contributed by atoms with E-state index in [0.29, 0.717) is 14.5 Å². The molecule has 0 aliphatic heterocycles. The lowest BCUT2D eigenvalue weighted by atomic mass is 10.3. The molecule has 1 heterocycles. The van der Waals surface area contributed by atoms with Crippen molar-refractivity contribution in [2.45, 2.75) is 6.61 Å². The van der Waals surface area contributed by atoms with Crippen LogP contribution >= 0.6 is 39.1 Å². The lowest BCUT2D eigenvalue weighted by Crippen LogP contribution is -2.00. The van der Waals surface area contributed by atoms with Gasteiger partial charge in [0, 0.05) is 17.6 Å². The summed E-state index contributed by atoms with van der Waals surface area (Å²) in [6.45, 7) is 0.0266. The summed E-state index contributed by atoms with van der Waals surface area (Å²) in [5.41, 5.74) is 0.329. The Hall–Kier alpha value is -1.25. The smallest absolute Gasteiger partial charge is 0.312 e. The maximum absolute atomic E-state index is 10.9. The second-order valence-corrected chi connectivity index (χ2v) is 5.34. The van der Waals surface area contributed by atoms with Crippen LogP contribution in [0.2, 0.25) is 4.34 Å². The molecule has 0 N–H and O–H groups in total. The Morgan fingerprint density at radius 1 is 1.56 bits per heavy atom. The third kappa shape index (κ3) is 2.77. The van der Waals surface area contributed by atoms with Crippen molar-refractivity contribution in [2.75, 3.05) is 0 Å². The number of ether oxygens (including phenoxy) is 1. The van der Waals surface area contributed by atoms with E-state index in [1.54, 1.807) is 12.1 Å². The van der Waals surface area contributed by atoms with Gasteiger partial charge in [-0.2, -0.15) is 0 Å². The van der Waals surface area contributed by atoms with Crippen LogP contribution in [-0.4, -0.2) is 14.5 Å². The molecule has 2 aromatic rings. The van der Waals surface area contributed by atoms with Gasteiger partial charge in [-0.05, 0) is 22.0 Å². The molecule has 6 nitrogen and oxygen atoms in total. The maximum atomic E-state index is 10.9. The van der Waals surface area contributed by atoms with E-state index in [1.165, 1.54) is 6.07 Å². The van der Waals surface area contributed by atoms with Crippen LogP contribution in [0.1, 0.15) is 5.69 Å². The molecule has 2 rings (SSSR count). The second-order valence-electron chi connectivity index (χ2n) is 3.13. The minimum absolute atomic E-state index is 0.0266. The number of para-hydroxylation sites is 1. The van der Waals surface area contributed by atoms with Crippen LogP contribution in [0, 0.1) is 10.1 Å². The quantitative estimate of drug-likeness (QED) is 0.623. The Morgan fingerprint density at radius 2 is 2.33 bits per heavy atom. The highest BCUT2D eigenvalue weighted by Gasteiger charge is 2.19. The van der Waals surface area contributed by atoms with Crippen molar-refractivity contribution >= 4 is 44.8 Å². The molecule has 1 aromatic heterocycles. The van der Waals surface area contributed by atoms with Crippen molar-refractivity contribution in [1.29, 1.82) is 0 Å². The number of nitro groups is 1. The molecule has 0 spiro atoms. The molecule has 0 radical (unpaired) electrons. The van der Waals surface area contributed by atoms with Gasteiger partial charge in [-0.1, -0.05) is 22.2 Å². The number of hydrogen-bond donors (Lipinski definition) is 0. The van der Waals surface area contributed by atoms with Crippen LogP contribution in [-0.2, 0) is 6.61 Å². The summed E-state index contributed by atoms with van der Waals surface area (Å²) in [6.07, 6.45) is 0. The molecule has 0 fully saturated rings. The number of nitro benzene ring substituents is 1. The molecular formula is C9H5BrClN3O3S. The highest BCUT2D eigenvalue weighted by atomic mass is 79.9. The Kier molecular flexibility index (Phi) is 4.10. The fraction of sp³-hybridized carbons (Fsp3) is 0.111. The first-order chi connectivity index (χ1) is 8.59. The van der Waals surface area contributed by atoms with Crippen molar-refractivity contribution in [3.63, 3.8) is 0 Å². The molecule has 0 aliphatic carbocycles. The summed E-state index contributed by atoms with van der Waals surface area (Å²) in [4.78, 5) is 10.3. The Balaban J connectivity index is 2.24. The SMILES string of the molecule is O=[N+]([O-])c1cccc(Br)c1OCc1nnsc1Cl. The van der Waals surface area contributed by atoms with E-state index in [9.17, 15) is 10.1 Å². The van der Waals surface area contributed by atoms with Gasteiger partial charge in [0.2, 0.25) is 5.75 Å². The van der Waals surface area contributed by atoms with E-state index in [0.717, 1.165) is 11.5 Å². The molecule has 18 heavy (non-hydrogen) atoms. The van der Waals surface area contributed by atoms with Crippen LogP contribution in [0.4, 0.5) is 5.69 Å². The van der Waals surface area contributed by atoms with Crippen molar-refractivity contribution in [3.8, 4) is 5.75 Å². The first-order valence-corrected chi connectivity index (χ1v) is 6.56. The number of benzene rings is 1. The van der Waals surface area contributed by atoms with E-state index < -0.39 is 4.92 Å². The maximum Gasteiger partial charge on any atom is 0.312 e. The normalized spacial score (nSPS) is 10.3. The largest absolute Gasteiger partial charge is 0.479 e. The zero-order valence-corrected chi connectivity index (χ0v) is 11.8. The lowest BCUT2D eigenvalue weighted by molar-refractivity contribution is -0.386. The van der Waals surface area contributed by atoms with Crippen molar-refractivity contribution in [3.05, 3.63) is 42.8 Å². The molecule has 0 saturated heterocycles. The van der Waals surface area contributed by atoms with Gasteiger partial charge in [0.15, 0.2) is 0 Å². The summed E-state index contributed by atoms with van der Waals surface area (Å²) in [5, 5.41) is 14.6. The highest BCUT2D eigenvalue weighted by molar-refractivity contribution is 9.10. The number of hydrogen-bond acceptors (Lipinski definition) is 6. The van der Waals surface area contributed by atoms with E-state index in [2.05, 4.69) is 25.5 Å². The predicted molar refractivity (Wildman–Crippen MR) is 70.0 cm³/mol. The third-order valence-corrected chi connectivity index (χ3v) is 3.61. The zero-order chi connectivity index (χ0) is 13.1. The van der Waals surface area contributed by atoms with Gasteiger partial charge < -0.3 is 4.74 Å². The van der Waals surface area contributed by atoms with Crippen molar-refractivity contribution in [1.82, 2.24) is 9.59 Å². The molecule has 94 valence electrons. The molecule has 9 heteroatoms. The standard InChI is InChI=1S/C9H5BrClN3O3S/c10-5-2-1-3-7(14(15)16)8(5)17-4-6-9(11)18-13-12-6/h1-3H,4H2. The molecule has 0 unspecified atom stereocenters. The fourth-order valence-electron chi connectivity index (χ4n) is 1.21. The summed E-state index contributed by atoms with van der Waals surface area (Å²) in [7, 11) is 0. The van der Waals surface area contributed by atoms with Crippen LogP contribution in [0.3, 0.4) is 0 Å². The van der Waals surface area contributed by atoms with Gasteiger partial charge in [0.05, 0.1) is 9.40 Å². The second kappa shape index (κ2) is 5.59. The van der Waals surface area contributed by atoms with Crippen molar-refractivity contribution in [2.24, 2.45) is 0 Å². The first kappa shape index (κ1) is 13.2. The molecular weight excluding hydrogens is 346 g/mol. The Labute approximate surface area is 119 Å². The number of rotatable bonds is 4. The van der Waals surface area contributed by atoms with Crippen LogP contribution in [0.5, 0.6) is 5.75 Å². The topological polar surface area (TPSA) is 78.2 Å². The summed E-state index contributed by atoms with van der Waals surface area (Å²) < 4.78 is 9.94. The Morgan fingerprint density at radius 3 is 2.94 bits per heavy atom. The lowest BCUT2D eigenvalue weighted by Gasteiger charge is -2.06. The fourth-order valence-corrected chi connectivity index (χ4v) is 2.28. The van der Waals surface area contributed by atoms with Gasteiger partial charge in [-0.25, -0.2) is 0 Å².